The molecule has 0 unspecified atom stereocenters. The maximum absolute atomic E-state index is 13.5. The number of rotatable bonds is 15. The highest BCUT2D eigenvalue weighted by Crippen LogP contribution is 2.47. The Morgan fingerprint density at radius 3 is 1.93 bits per heavy atom. The molecule has 0 bridgehead atoms. The summed E-state index contributed by atoms with van der Waals surface area (Å²) in [6.07, 6.45) is 3.35. The van der Waals surface area contributed by atoms with Gasteiger partial charge in [0.25, 0.3) is 0 Å². The van der Waals surface area contributed by atoms with Crippen molar-refractivity contribution in [3.8, 4) is 40.0 Å². The molecule has 0 radical (unpaired) electrons. The van der Waals surface area contributed by atoms with E-state index in [9.17, 15) is 9.59 Å². The lowest BCUT2D eigenvalue weighted by Crippen LogP contribution is -2.68. The number of esters is 1. The van der Waals surface area contributed by atoms with Crippen LogP contribution in [0.1, 0.15) is 22.5 Å². The van der Waals surface area contributed by atoms with Crippen molar-refractivity contribution in [2.45, 2.75) is 31.2 Å². The molecule has 1 amide bonds. The number of hydrogen-bond donors (Lipinski definition) is 1. The summed E-state index contributed by atoms with van der Waals surface area (Å²) in [4.78, 5) is 27.8. The molecular weight excluding hydrogens is 793 g/mol. The van der Waals surface area contributed by atoms with Gasteiger partial charge in [-0.05, 0) is 70.8 Å². The molecule has 2 aliphatic heterocycles. The number of β-lactam (4-membered cyclic amide) rings is 1. The first-order valence-corrected chi connectivity index (χ1v) is 19.4. The van der Waals surface area contributed by atoms with E-state index in [1.807, 2.05) is 48.5 Å². The molecule has 0 saturated carbocycles. The zero-order valence-electron chi connectivity index (χ0n) is 31.0. The molecule has 0 aliphatic carbocycles. The molecule has 2 N–H and O–H groups in total. The van der Waals surface area contributed by atoms with E-state index in [1.54, 1.807) is 69.9 Å². The molecule has 5 aromatic rings. The second-order valence-corrected chi connectivity index (χ2v) is 14.7. The molecule has 15 heteroatoms. The van der Waals surface area contributed by atoms with Gasteiger partial charge in [-0.3, -0.25) is 9.69 Å². The minimum Gasteiger partial charge on any atom is -0.497 e. The van der Waals surface area contributed by atoms with Gasteiger partial charge in [0.1, 0.15) is 59.9 Å². The Labute approximate surface area is 343 Å². The average Bonchev–Trinajstić information content (AvgIpc) is 3.73. The van der Waals surface area contributed by atoms with E-state index in [-0.39, 0.29) is 58.3 Å². The Hall–Kier alpha value is -5.60. The summed E-state index contributed by atoms with van der Waals surface area (Å²) in [6, 6.07) is 24.6. The Balaban J connectivity index is 1.15. The Bertz CT molecular complexity index is 2310. The van der Waals surface area contributed by atoms with Gasteiger partial charge in [-0.1, -0.05) is 70.8 Å². The van der Waals surface area contributed by atoms with Gasteiger partial charge in [0, 0.05) is 17.4 Å². The minimum atomic E-state index is -0.706. The molecular formula is C42H37Cl2N3O9S. The van der Waals surface area contributed by atoms with Crippen LogP contribution in [0.15, 0.2) is 107 Å². The van der Waals surface area contributed by atoms with Crippen molar-refractivity contribution in [3.63, 3.8) is 0 Å². The lowest BCUT2D eigenvalue weighted by molar-refractivity contribution is -0.151. The van der Waals surface area contributed by atoms with Crippen LogP contribution >= 0.6 is 35.0 Å². The highest BCUT2D eigenvalue weighted by molar-refractivity contribution is 8.00. The number of halogens is 2. The lowest BCUT2D eigenvalue weighted by atomic mass is 10.0. The molecule has 0 spiro atoms. The van der Waals surface area contributed by atoms with Crippen LogP contribution in [0, 0.1) is 0 Å². The van der Waals surface area contributed by atoms with E-state index in [0.29, 0.717) is 39.8 Å². The van der Waals surface area contributed by atoms with Crippen molar-refractivity contribution in [1.29, 1.82) is 0 Å². The lowest BCUT2D eigenvalue weighted by Gasteiger charge is -2.48. The summed E-state index contributed by atoms with van der Waals surface area (Å²) in [5, 5.41) is 4.34. The molecule has 1 saturated heterocycles. The van der Waals surface area contributed by atoms with Crippen LogP contribution < -0.4 is 29.4 Å². The van der Waals surface area contributed by atoms with Crippen molar-refractivity contribution in [2.75, 3.05) is 27.1 Å². The van der Waals surface area contributed by atoms with E-state index >= 15 is 0 Å². The van der Waals surface area contributed by atoms with E-state index < -0.39 is 12.0 Å². The van der Waals surface area contributed by atoms with Crippen LogP contribution in [-0.2, 0) is 34.1 Å². The van der Waals surface area contributed by atoms with Crippen molar-refractivity contribution in [2.24, 2.45) is 5.73 Å². The molecule has 2 atom stereocenters. The van der Waals surface area contributed by atoms with Gasteiger partial charge in [-0.25, -0.2) is 4.79 Å². The second-order valence-electron chi connectivity index (χ2n) is 12.8. The van der Waals surface area contributed by atoms with E-state index in [2.05, 4.69) is 5.16 Å². The van der Waals surface area contributed by atoms with E-state index in [1.165, 1.54) is 16.7 Å². The van der Waals surface area contributed by atoms with Crippen LogP contribution in [0.5, 0.6) is 28.7 Å². The van der Waals surface area contributed by atoms with Crippen molar-refractivity contribution >= 4 is 52.9 Å². The number of thioether (sulfide) groups is 1. The first kappa shape index (κ1) is 39.6. The van der Waals surface area contributed by atoms with Gasteiger partial charge in [0.2, 0.25) is 5.91 Å². The van der Waals surface area contributed by atoms with Crippen LogP contribution in [0.3, 0.4) is 0 Å². The summed E-state index contributed by atoms with van der Waals surface area (Å²) in [6.45, 7) is 0.331. The predicted molar refractivity (Wildman–Crippen MR) is 217 cm³/mol. The molecule has 294 valence electrons. The van der Waals surface area contributed by atoms with Crippen LogP contribution in [0.2, 0.25) is 10.0 Å². The number of hydrogen-bond acceptors (Lipinski definition) is 12. The van der Waals surface area contributed by atoms with E-state index in [4.69, 9.17) is 61.9 Å². The number of aromatic nitrogens is 1. The van der Waals surface area contributed by atoms with Crippen molar-refractivity contribution in [3.05, 3.63) is 135 Å². The molecule has 12 nitrogen and oxygen atoms in total. The Morgan fingerprint density at radius 1 is 0.825 bits per heavy atom. The number of nitrogens with two attached hydrogens (primary N) is 1. The highest BCUT2D eigenvalue weighted by Gasteiger charge is 2.51. The fourth-order valence-electron chi connectivity index (χ4n) is 6.06. The van der Waals surface area contributed by atoms with Crippen molar-refractivity contribution < 1.29 is 42.5 Å². The number of methoxy groups -OCH3 is 3. The SMILES string of the molecule is COc1ccc(COC(=O)C2=C(/C=C/c3cc(-c4cc(Cl)c(OCc5ccc(OC)cc5)c(OCc5ccc(OC)cc5)c4Cl)no3)CS[C@@H]3[C@H](N)C(=O)N23)cc1. The summed E-state index contributed by atoms with van der Waals surface area (Å²) >= 11 is 15.4. The molecule has 4 aromatic carbocycles. The van der Waals surface area contributed by atoms with Crippen molar-refractivity contribution in [1.82, 2.24) is 10.1 Å². The third kappa shape index (κ3) is 8.71. The maximum Gasteiger partial charge on any atom is 0.355 e. The topological polar surface area (TPSA) is 145 Å². The number of carbonyl (C=O) groups excluding carboxylic acids is 2. The summed E-state index contributed by atoms with van der Waals surface area (Å²) < 4.78 is 39.6. The highest BCUT2D eigenvalue weighted by atomic mass is 35.5. The predicted octanol–water partition coefficient (Wildman–Crippen LogP) is 8.09. The molecule has 57 heavy (non-hydrogen) atoms. The first-order chi connectivity index (χ1) is 27.7. The summed E-state index contributed by atoms with van der Waals surface area (Å²) in [7, 11) is 4.77. The third-order valence-electron chi connectivity index (χ3n) is 9.23. The Kier molecular flexibility index (Phi) is 12.3. The quantitative estimate of drug-likeness (QED) is 0.0805. The van der Waals surface area contributed by atoms with Gasteiger partial charge < -0.3 is 38.7 Å². The standard InChI is InChI=1S/C42H37Cl2N3O9S/c1-50-28-11-4-24(5-12-28)20-53-38-33(43)19-32(35(44)39(38)54-21-25-6-13-29(51-2)14-7-25)34-18-31(56-46-34)17-10-27-23-57-41-36(45)40(48)47(41)37(27)42(49)55-22-26-8-15-30(52-3)16-9-26/h4-19,36,41H,20-23,45H2,1-3H3/b17-10+/t36-,41-/m1/s1. The molecule has 7 rings (SSSR count). The van der Waals surface area contributed by atoms with Gasteiger partial charge >= 0.3 is 5.97 Å². The monoisotopic (exact) mass is 829 g/mol. The van der Waals surface area contributed by atoms with Gasteiger partial charge in [0.15, 0.2) is 17.3 Å². The van der Waals surface area contributed by atoms with Crippen LogP contribution in [-0.4, -0.2) is 60.4 Å². The van der Waals surface area contributed by atoms with Gasteiger partial charge in [0.05, 0.1) is 31.4 Å². The summed E-state index contributed by atoms with van der Waals surface area (Å²) in [5.41, 5.74) is 10.1. The number of fused-ring (bicyclic) bond motifs is 1. The van der Waals surface area contributed by atoms with Crippen LogP contribution in [0.25, 0.3) is 17.3 Å². The maximum atomic E-state index is 13.5. The second kappa shape index (κ2) is 17.7. The first-order valence-electron chi connectivity index (χ1n) is 17.6. The van der Waals surface area contributed by atoms with Gasteiger partial charge in [-0.15, -0.1) is 11.8 Å². The number of amides is 1. The normalized spacial score (nSPS) is 16.2. The minimum absolute atomic E-state index is 0.00110. The third-order valence-corrected chi connectivity index (χ3v) is 11.2. The number of ether oxygens (including phenoxy) is 6. The smallest absolute Gasteiger partial charge is 0.355 e. The zero-order valence-corrected chi connectivity index (χ0v) is 33.4. The number of carbonyl (C=O) groups is 2. The molecule has 3 heterocycles. The largest absolute Gasteiger partial charge is 0.497 e. The molecule has 1 aromatic heterocycles. The number of benzene rings is 4. The van der Waals surface area contributed by atoms with Crippen LogP contribution in [0.4, 0.5) is 0 Å². The Morgan fingerprint density at radius 2 is 1.37 bits per heavy atom. The fourth-order valence-corrected chi connectivity index (χ4v) is 7.87. The fraction of sp³-hybridized carbons (Fsp3) is 0.214. The molecule has 2 aliphatic rings. The average molecular weight is 831 g/mol. The summed E-state index contributed by atoms with van der Waals surface area (Å²) in [5.74, 6) is 2.33. The number of nitrogens with zero attached hydrogens (tertiary/aromatic N) is 2. The van der Waals surface area contributed by atoms with Gasteiger partial charge in [-0.2, -0.15) is 0 Å². The number of allylic oxidation sites excluding steroid dienone is 1. The zero-order chi connectivity index (χ0) is 40.1. The molecule has 1 fully saturated rings. The van der Waals surface area contributed by atoms with E-state index in [0.717, 1.165) is 22.4 Å².